The second-order valence-corrected chi connectivity index (χ2v) is 13.7. The molecule has 3 nitrogen and oxygen atoms in total. The molecule has 0 aliphatic carbocycles. The molecular weight excluding hydrogens is 588 g/mol. The van der Waals surface area contributed by atoms with Gasteiger partial charge in [0, 0.05) is 12.8 Å². The van der Waals surface area contributed by atoms with E-state index in [-0.39, 0.29) is 28.4 Å². The molecule has 3 heteroatoms. The summed E-state index contributed by atoms with van der Waals surface area (Å²) in [6.07, 6.45) is 19.9. The normalized spacial score (nSPS) is 11.2. The molecule has 2 N–H and O–H groups in total. The van der Waals surface area contributed by atoms with Crippen molar-refractivity contribution in [3.05, 3.63) is 129 Å². The van der Waals surface area contributed by atoms with E-state index in [1.54, 1.807) is 0 Å². The van der Waals surface area contributed by atoms with Gasteiger partial charge in [0.2, 0.25) is 5.78 Å². The lowest BCUT2D eigenvalue weighted by Crippen LogP contribution is -2.08. The molecule has 0 aliphatic heterocycles. The molecule has 0 radical (unpaired) electrons. The average molecular weight is 647 g/mol. The lowest BCUT2D eigenvalue weighted by molar-refractivity contribution is 0.103. The van der Waals surface area contributed by atoms with E-state index >= 15 is 0 Å². The van der Waals surface area contributed by atoms with Crippen molar-refractivity contribution in [3.63, 3.8) is 0 Å². The third-order valence-corrected chi connectivity index (χ3v) is 9.60. The number of hydrogen-bond donors (Lipinski definition) is 2. The van der Waals surface area contributed by atoms with Gasteiger partial charge in [-0.2, -0.15) is 0 Å². The van der Waals surface area contributed by atoms with Crippen molar-refractivity contribution in [2.24, 2.45) is 0 Å². The number of aromatic hydroxyl groups is 2. The number of ketones is 1. The van der Waals surface area contributed by atoms with Crippen molar-refractivity contribution in [2.75, 3.05) is 0 Å². The maximum Gasteiger partial charge on any atom is 0.200 e. The molecule has 0 bridgehead atoms. The first-order valence-corrected chi connectivity index (χ1v) is 18.8. The van der Waals surface area contributed by atoms with E-state index < -0.39 is 0 Å². The highest BCUT2D eigenvalue weighted by Gasteiger charge is 2.23. The largest absolute Gasteiger partial charge is 0.507 e. The summed E-state index contributed by atoms with van der Waals surface area (Å²) in [5.41, 5.74) is 6.40. The van der Waals surface area contributed by atoms with Gasteiger partial charge in [0.05, 0.1) is 11.1 Å². The van der Waals surface area contributed by atoms with E-state index in [9.17, 15) is 15.0 Å². The minimum absolute atomic E-state index is 0.0219. The number of carbonyl (C=O) groups excluding carboxylic acids is 1. The Labute approximate surface area is 290 Å². The van der Waals surface area contributed by atoms with Gasteiger partial charge in [-0.05, 0) is 71.2 Å². The fourth-order valence-corrected chi connectivity index (χ4v) is 6.77. The van der Waals surface area contributed by atoms with E-state index in [0.717, 1.165) is 71.9 Å². The van der Waals surface area contributed by atoms with Gasteiger partial charge in [-0.3, -0.25) is 4.79 Å². The molecule has 0 atom stereocenters. The van der Waals surface area contributed by atoms with Crippen LogP contribution >= 0.6 is 0 Å². The van der Waals surface area contributed by atoms with Crippen LogP contribution in [0.2, 0.25) is 0 Å². The van der Waals surface area contributed by atoms with Crippen molar-refractivity contribution in [1.29, 1.82) is 0 Å². The van der Waals surface area contributed by atoms with Crippen LogP contribution in [-0.2, 0) is 25.7 Å². The molecule has 4 aromatic carbocycles. The fourth-order valence-electron chi connectivity index (χ4n) is 6.77. The van der Waals surface area contributed by atoms with Crippen molar-refractivity contribution >= 4 is 5.78 Å². The summed E-state index contributed by atoms with van der Waals surface area (Å²) in [5.74, 6) is -0.265. The molecule has 256 valence electrons. The van der Waals surface area contributed by atoms with Gasteiger partial charge in [-0.1, -0.05) is 164 Å². The van der Waals surface area contributed by atoms with Crippen molar-refractivity contribution in [3.8, 4) is 11.5 Å². The number of benzene rings is 4. The highest BCUT2D eigenvalue weighted by Crippen LogP contribution is 2.35. The third kappa shape index (κ3) is 11.7. The Balaban J connectivity index is 1.63. The molecule has 4 aromatic rings. The zero-order chi connectivity index (χ0) is 34.0. The summed E-state index contributed by atoms with van der Waals surface area (Å²) in [5, 5.41) is 23.2. The number of phenolic OH excluding ortho intramolecular Hbond substituents is 2. The van der Waals surface area contributed by atoms with Crippen LogP contribution in [0.15, 0.2) is 84.9 Å². The Kier molecular flexibility index (Phi) is 15.8. The Bertz CT molecular complexity index is 1410. The van der Waals surface area contributed by atoms with Crippen LogP contribution < -0.4 is 0 Å². The molecule has 0 amide bonds. The first kappa shape index (κ1) is 37.0. The molecule has 48 heavy (non-hydrogen) atoms. The molecule has 0 unspecified atom stereocenters. The molecule has 0 saturated heterocycles. The zero-order valence-electron chi connectivity index (χ0n) is 29.6. The van der Waals surface area contributed by atoms with Gasteiger partial charge in [0.1, 0.15) is 11.5 Å². The van der Waals surface area contributed by atoms with Gasteiger partial charge in [-0.25, -0.2) is 0 Å². The molecule has 0 heterocycles. The fraction of sp³-hybridized carbons (Fsp3) is 0.444. The summed E-state index contributed by atoms with van der Waals surface area (Å²) < 4.78 is 0. The Morgan fingerprint density at radius 2 is 0.812 bits per heavy atom. The second kappa shape index (κ2) is 20.5. The topological polar surface area (TPSA) is 57.5 Å². The number of rotatable bonds is 22. The average Bonchev–Trinajstić information content (AvgIpc) is 3.10. The molecular formula is C45H58O3. The standard InChI is InChI=1S/C45H58O3/c1-3-5-7-9-11-13-17-27-37-31-39(29-35-23-19-15-20-24-35)43(46)41(33-37)45(48)42-34-38(28-18-14-12-10-8-6-4-2)32-40(44(42)47)30-36-25-21-16-22-26-36/h15-16,19-26,31-34,46-47H,3-14,17-18,27-30H2,1-2H3. The monoisotopic (exact) mass is 646 g/mol. The Morgan fingerprint density at radius 1 is 0.458 bits per heavy atom. The number of phenols is 2. The van der Waals surface area contributed by atoms with Crippen molar-refractivity contribution in [1.82, 2.24) is 0 Å². The third-order valence-electron chi connectivity index (χ3n) is 9.60. The van der Waals surface area contributed by atoms with Crippen LogP contribution in [-0.4, -0.2) is 16.0 Å². The molecule has 4 rings (SSSR count). The Hall–Kier alpha value is -3.85. The van der Waals surface area contributed by atoms with E-state index in [1.807, 2.05) is 48.5 Å². The molecule has 0 aliphatic rings. The van der Waals surface area contributed by atoms with Crippen LogP contribution in [0.25, 0.3) is 0 Å². The summed E-state index contributed by atoms with van der Waals surface area (Å²) in [6, 6.07) is 28.1. The summed E-state index contributed by atoms with van der Waals surface area (Å²) in [7, 11) is 0. The smallest absolute Gasteiger partial charge is 0.200 e. The first-order chi connectivity index (χ1) is 23.5. The molecule has 0 spiro atoms. The zero-order valence-corrected chi connectivity index (χ0v) is 29.6. The molecule has 0 saturated carbocycles. The predicted octanol–water partition coefficient (Wildman–Crippen LogP) is 12.1. The van der Waals surface area contributed by atoms with Gasteiger partial charge in [0.15, 0.2) is 0 Å². The van der Waals surface area contributed by atoms with E-state index in [0.29, 0.717) is 12.8 Å². The summed E-state index contributed by atoms with van der Waals surface area (Å²) in [4.78, 5) is 14.4. The van der Waals surface area contributed by atoms with Crippen LogP contribution in [0, 0.1) is 0 Å². The Morgan fingerprint density at radius 3 is 1.19 bits per heavy atom. The maximum absolute atomic E-state index is 14.4. The summed E-state index contributed by atoms with van der Waals surface area (Å²) in [6.45, 7) is 4.49. The van der Waals surface area contributed by atoms with E-state index in [2.05, 4.69) is 50.2 Å². The lowest BCUT2D eigenvalue weighted by atomic mass is 9.89. The van der Waals surface area contributed by atoms with Crippen molar-refractivity contribution in [2.45, 2.75) is 129 Å². The summed E-state index contributed by atoms with van der Waals surface area (Å²) >= 11 is 0. The SMILES string of the molecule is CCCCCCCCCc1cc(Cc2ccccc2)c(O)c(C(=O)c2cc(CCCCCCCCC)cc(Cc3ccccc3)c2O)c1. The molecule has 0 aromatic heterocycles. The quantitative estimate of drug-likeness (QED) is 0.0660. The minimum Gasteiger partial charge on any atom is -0.507 e. The number of unbranched alkanes of at least 4 members (excludes halogenated alkanes) is 12. The number of hydrogen-bond acceptors (Lipinski definition) is 3. The van der Waals surface area contributed by atoms with Crippen LogP contribution in [0.3, 0.4) is 0 Å². The van der Waals surface area contributed by atoms with E-state index in [4.69, 9.17) is 0 Å². The van der Waals surface area contributed by atoms with Crippen LogP contribution in [0.5, 0.6) is 11.5 Å². The van der Waals surface area contributed by atoms with E-state index in [1.165, 1.54) is 64.2 Å². The van der Waals surface area contributed by atoms with Gasteiger partial charge in [-0.15, -0.1) is 0 Å². The minimum atomic E-state index is -0.309. The maximum atomic E-state index is 14.4. The van der Waals surface area contributed by atoms with Gasteiger partial charge < -0.3 is 10.2 Å². The van der Waals surface area contributed by atoms with Crippen LogP contribution in [0.1, 0.15) is 153 Å². The van der Waals surface area contributed by atoms with Crippen LogP contribution in [0.4, 0.5) is 0 Å². The second-order valence-electron chi connectivity index (χ2n) is 13.7. The first-order valence-electron chi connectivity index (χ1n) is 18.8. The van der Waals surface area contributed by atoms with Crippen molar-refractivity contribution < 1.29 is 15.0 Å². The highest BCUT2D eigenvalue weighted by molar-refractivity contribution is 6.13. The molecule has 0 fully saturated rings. The number of aryl methyl sites for hydroxylation is 2. The highest BCUT2D eigenvalue weighted by atomic mass is 16.3. The lowest BCUT2D eigenvalue weighted by Gasteiger charge is -2.16. The number of carbonyl (C=O) groups is 1. The van der Waals surface area contributed by atoms with Gasteiger partial charge in [0.25, 0.3) is 0 Å². The predicted molar refractivity (Wildman–Crippen MR) is 202 cm³/mol. The van der Waals surface area contributed by atoms with Gasteiger partial charge >= 0.3 is 0 Å².